The van der Waals surface area contributed by atoms with Gasteiger partial charge < -0.3 is 14.1 Å². The maximum absolute atomic E-state index is 12.6. The Kier molecular flexibility index (Phi) is 4.82. The van der Waals surface area contributed by atoms with Crippen molar-refractivity contribution in [1.29, 1.82) is 5.26 Å². The van der Waals surface area contributed by atoms with Crippen LogP contribution in [0.2, 0.25) is 0 Å². The minimum Gasteiger partial charge on any atom is -0.465 e. The van der Waals surface area contributed by atoms with E-state index in [1.54, 1.807) is 32.9 Å². The zero-order valence-corrected chi connectivity index (χ0v) is 13.1. The average molecular weight is 312 g/mol. The van der Waals surface area contributed by atoms with Gasteiger partial charge in [-0.3, -0.25) is 4.79 Å². The average Bonchev–Trinajstić information content (AvgIpc) is 3.12. The van der Waals surface area contributed by atoms with Gasteiger partial charge in [0, 0.05) is 11.8 Å². The van der Waals surface area contributed by atoms with E-state index in [1.807, 2.05) is 6.07 Å². The lowest BCUT2D eigenvalue weighted by Gasteiger charge is -2.02. The highest BCUT2D eigenvalue weighted by atomic mass is 16.5. The fraction of sp³-hybridized carbons (Fsp3) is 0.235. The smallest absolute Gasteiger partial charge is 0.340 e. The van der Waals surface area contributed by atoms with Crippen molar-refractivity contribution in [2.75, 3.05) is 6.61 Å². The van der Waals surface area contributed by atoms with Crippen LogP contribution < -0.4 is 0 Å². The number of hydrogen-bond acceptors (Lipinski definition) is 5. The van der Waals surface area contributed by atoms with Gasteiger partial charge in [0.25, 0.3) is 0 Å². The summed E-state index contributed by atoms with van der Waals surface area (Å²) in [5.41, 5.74) is 1.43. The number of aromatic nitrogens is 1. The molecule has 6 heteroatoms. The van der Waals surface area contributed by atoms with Crippen LogP contribution in [0.15, 0.2) is 28.4 Å². The quantitative estimate of drug-likeness (QED) is 0.396. The summed E-state index contributed by atoms with van der Waals surface area (Å²) >= 11 is 0. The van der Waals surface area contributed by atoms with E-state index in [-0.39, 0.29) is 17.9 Å². The van der Waals surface area contributed by atoms with E-state index in [1.165, 1.54) is 12.3 Å². The van der Waals surface area contributed by atoms with Crippen molar-refractivity contribution < 1.29 is 18.7 Å². The molecule has 0 saturated carbocycles. The molecule has 0 unspecified atom stereocenters. The van der Waals surface area contributed by atoms with E-state index in [0.717, 1.165) is 0 Å². The second-order valence-electron chi connectivity index (χ2n) is 4.86. The molecule has 118 valence electrons. The maximum atomic E-state index is 12.6. The van der Waals surface area contributed by atoms with Gasteiger partial charge in [-0.05, 0) is 38.5 Å². The van der Waals surface area contributed by atoms with Gasteiger partial charge in [-0.1, -0.05) is 0 Å². The van der Waals surface area contributed by atoms with Crippen LogP contribution >= 0.6 is 0 Å². The third kappa shape index (κ3) is 3.24. The molecule has 1 N–H and O–H groups in total. The zero-order chi connectivity index (χ0) is 17.0. The molecule has 0 fully saturated rings. The summed E-state index contributed by atoms with van der Waals surface area (Å²) in [6.45, 7) is 5.28. The Balaban J connectivity index is 2.42. The Hall–Kier alpha value is -3.07. The standard InChI is InChI=1S/C17H16N2O4/c1-4-22-17(21)14-10(2)15(19-11(14)3)16(20)12(9-18)8-13-6-5-7-23-13/h5-8,19H,4H2,1-3H3/b12-8-. The number of H-pyrrole nitrogens is 1. The molecule has 0 atom stereocenters. The summed E-state index contributed by atoms with van der Waals surface area (Å²) < 4.78 is 10.1. The van der Waals surface area contributed by atoms with Crippen LogP contribution in [0.3, 0.4) is 0 Å². The van der Waals surface area contributed by atoms with Gasteiger partial charge >= 0.3 is 5.97 Å². The number of Topliss-reactive ketones (excluding diaryl/α,β-unsaturated/α-hetero) is 1. The Morgan fingerprint density at radius 3 is 2.74 bits per heavy atom. The van der Waals surface area contributed by atoms with Crippen LogP contribution in [-0.4, -0.2) is 23.3 Å². The molecule has 2 rings (SSSR count). The predicted octanol–water partition coefficient (Wildman–Crippen LogP) is 3.19. The minimum absolute atomic E-state index is 0.0836. The normalized spacial score (nSPS) is 11.1. The highest BCUT2D eigenvalue weighted by Crippen LogP contribution is 2.22. The van der Waals surface area contributed by atoms with E-state index in [4.69, 9.17) is 9.15 Å². The lowest BCUT2D eigenvalue weighted by Crippen LogP contribution is -2.08. The fourth-order valence-electron chi connectivity index (χ4n) is 2.29. The lowest BCUT2D eigenvalue weighted by atomic mass is 10.0. The molecule has 0 aromatic carbocycles. The highest BCUT2D eigenvalue weighted by Gasteiger charge is 2.24. The monoisotopic (exact) mass is 312 g/mol. The van der Waals surface area contributed by atoms with Crippen molar-refractivity contribution in [2.45, 2.75) is 20.8 Å². The lowest BCUT2D eigenvalue weighted by molar-refractivity contribution is 0.0525. The van der Waals surface area contributed by atoms with E-state index >= 15 is 0 Å². The first-order valence-electron chi connectivity index (χ1n) is 7.05. The first-order valence-corrected chi connectivity index (χ1v) is 7.05. The summed E-state index contributed by atoms with van der Waals surface area (Å²) in [7, 11) is 0. The second kappa shape index (κ2) is 6.79. The number of nitrogens with zero attached hydrogens (tertiary/aromatic N) is 1. The Morgan fingerprint density at radius 2 is 2.17 bits per heavy atom. The van der Waals surface area contributed by atoms with Crippen LogP contribution in [0, 0.1) is 25.2 Å². The van der Waals surface area contributed by atoms with Crippen LogP contribution in [0.1, 0.15) is 44.8 Å². The summed E-state index contributed by atoms with van der Waals surface area (Å²) in [6.07, 6.45) is 2.82. The predicted molar refractivity (Wildman–Crippen MR) is 82.9 cm³/mol. The SMILES string of the molecule is CCOC(=O)c1c(C)[nH]c(C(=O)/C(C#N)=C\c2ccco2)c1C. The van der Waals surface area contributed by atoms with Crippen molar-refractivity contribution in [3.8, 4) is 6.07 Å². The van der Waals surface area contributed by atoms with Gasteiger partial charge in [-0.15, -0.1) is 0 Å². The van der Waals surface area contributed by atoms with Crippen LogP contribution in [0.4, 0.5) is 0 Å². The van der Waals surface area contributed by atoms with Gasteiger partial charge in [0.2, 0.25) is 5.78 Å². The van der Waals surface area contributed by atoms with E-state index in [2.05, 4.69) is 4.98 Å². The summed E-state index contributed by atoms with van der Waals surface area (Å²) in [5.74, 6) is -0.590. The maximum Gasteiger partial charge on any atom is 0.340 e. The molecule has 23 heavy (non-hydrogen) atoms. The molecule has 2 aromatic rings. The Morgan fingerprint density at radius 1 is 1.43 bits per heavy atom. The van der Waals surface area contributed by atoms with Crippen molar-refractivity contribution in [1.82, 2.24) is 4.98 Å². The summed E-state index contributed by atoms with van der Waals surface area (Å²) in [6, 6.07) is 5.17. The number of ketones is 1. The van der Waals surface area contributed by atoms with Crippen molar-refractivity contribution in [3.05, 3.63) is 52.2 Å². The number of nitriles is 1. The topological polar surface area (TPSA) is 96.1 Å². The first kappa shape index (κ1) is 16.3. The number of carbonyl (C=O) groups is 2. The van der Waals surface area contributed by atoms with E-state index < -0.39 is 11.8 Å². The van der Waals surface area contributed by atoms with Crippen molar-refractivity contribution >= 4 is 17.8 Å². The summed E-state index contributed by atoms with van der Waals surface area (Å²) in [5, 5.41) is 9.23. The molecule has 6 nitrogen and oxygen atoms in total. The molecular weight excluding hydrogens is 296 g/mol. The van der Waals surface area contributed by atoms with Crippen molar-refractivity contribution in [2.24, 2.45) is 0 Å². The van der Waals surface area contributed by atoms with Gasteiger partial charge in [0.05, 0.1) is 24.1 Å². The third-order valence-corrected chi connectivity index (χ3v) is 3.34. The molecular formula is C17H16N2O4. The van der Waals surface area contributed by atoms with Gasteiger partial charge in [0.15, 0.2) is 0 Å². The number of nitrogens with one attached hydrogen (secondary N) is 1. The summed E-state index contributed by atoms with van der Waals surface area (Å²) in [4.78, 5) is 27.4. The molecule has 0 aliphatic rings. The Labute approximate surface area is 133 Å². The number of rotatable bonds is 5. The number of ether oxygens (including phenoxy) is 1. The molecule has 0 aliphatic heterocycles. The number of furan rings is 1. The van der Waals surface area contributed by atoms with Crippen LogP contribution in [0.5, 0.6) is 0 Å². The third-order valence-electron chi connectivity index (χ3n) is 3.34. The molecule has 0 spiro atoms. The number of hydrogen-bond donors (Lipinski definition) is 1. The fourth-order valence-corrected chi connectivity index (χ4v) is 2.29. The largest absolute Gasteiger partial charge is 0.465 e. The number of aryl methyl sites for hydroxylation is 1. The molecule has 0 bridgehead atoms. The van der Waals surface area contributed by atoms with Gasteiger partial charge in [-0.2, -0.15) is 5.26 Å². The van der Waals surface area contributed by atoms with Crippen molar-refractivity contribution in [3.63, 3.8) is 0 Å². The molecule has 2 heterocycles. The molecule has 0 amide bonds. The van der Waals surface area contributed by atoms with Gasteiger partial charge in [0.1, 0.15) is 17.4 Å². The highest BCUT2D eigenvalue weighted by molar-refractivity contribution is 6.15. The number of carbonyl (C=O) groups excluding carboxylic acids is 2. The molecule has 0 aliphatic carbocycles. The number of aromatic amines is 1. The minimum atomic E-state index is -0.500. The van der Waals surface area contributed by atoms with E-state index in [0.29, 0.717) is 22.6 Å². The molecule has 0 radical (unpaired) electrons. The first-order chi connectivity index (χ1) is 11.0. The zero-order valence-electron chi connectivity index (χ0n) is 13.1. The van der Waals surface area contributed by atoms with E-state index in [9.17, 15) is 14.9 Å². The number of esters is 1. The van der Waals surface area contributed by atoms with Gasteiger partial charge in [-0.25, -0.2) is 4.79 Å². The second-order valence-corrected chi connectivity index (χ2v) is 4.86. The van der Waals surface area contributed by atoms with Crippen LogP contribution in [-0.2, 0) is 4.74 Å². The Bertz CT molecular complexity index is 805. The van der Waals surface area contributed by atoms with Crippen LogP contribution in [0.25, 0.3) is 6.08 Å². The number of allylic oxidation sites excluding steroid dienone is 1. The molecule has 2 aromatic heterocycles. The molecule has 0 saturated heterocycles.